The van der Waals surface area contributed by atoms with Crippen LogP contribution in [0.4, 0.5) is 0 Å². The van der Waals surface area contributed by atoms with Gasteiger partial charge in [0.15, 0.2) is 0 Å². The van der Waals surface area contributed by atoms with E-state index in [1.54, 1.807) is 7.05 Å². The third kappa shape index (κ3) is 3.68. The van der Waals surface area contributed by atoms with Crippen LogP contribution in [0.3, 0.4) is 0 Å². The van der Waals surface area contributed by atoms with E-state index in [0.29, 0.717) is 12.1 Å². The molecule has 0 aliphatic carbocycles. The van der Waals surface area contributed by atoms with Crippen LogP contribution in [-0.2, 0) is 4.79 Å². The van der Waals surface area contributed by atoms with Gasteiger partial charge in [0.2, 0.25) is 6.41 Å². The summed E-state index contributed by atoms with van der Waals surface area (Å²) < 4.78 is 0. The molecule has 1 aromatic carbocycles. The minimum absolute atomic E-state index is 0.290. The molecule has 0 saturated carbocycles. The maximum absolute atomic E-state index is 10.4. The number of pyridine rings is 1. The van der Waals surface area contributed by atoms with Crippen molar-refractivity contribution in [3.8, 4) is 11.8 Å². The number of nitrogens with one attached hydrogen (secondary N) is 2. The van der Waals surface area contributed by atoms with E-state index in [1.165, 1.54) is 0 Å². The van der Waals surface area contributed by atoms with Crippen LogP contribution < -0.4 is 10.6 Å². The fourth-order valence-electron chi connectivity index (χ4n) is 1.95. The fraction of sp³-hybridized carbons (Fsp3) is 0.176. The quantitative estimate of drug-likeness (QED) is 0.662. The molecule has 0 aliphatic heterocycles. The number of carbonyl (C=O) groups is 1. The molecule has 1 heterocycles. The summed E-state index contributed by atoms with van der Waals surface area (Å²) in [5.74, 6) is 6.13. The Bertz CT molecular complexity index is 741. The highest BCUT2D eigenvalue weighted by Gasteiger charge is 2.05. The molecule has 0 spiro atoms. The highest BCUT2D eigenvalue weighted by molar-refractivity contribution is 5.80. The predicted octanol–water partition coefficient (Wildman–Crippen LogP) is 1.74. The Balaban J connectivity index is 2.27. The number of likely N-dealkylation sites (N-methyl/N-ethyl adjacent to an activating group) is 1. The van der Waals surface area contributed by atoms with E-state index in [4.69, 9.17) is 0 Å². The topological polar surface area (TPSA) is 54.0 Å². The van der Waals surface area contributed by atoms with Crippen molar-refractivity contribution < 1.29 is 4.79 Å². The van der Waals surface area contributed by atoms with Crippen molar-refractivity contribution in [3.05, 3.63) is 53.9 Å². The van der Waals surface area contributed by atoms with Crippen LogP contribution in [0, 0.1) is 18.8 Å². The fourth-order valence-corrected chi connectivity index (χ4v) is 1.95. The van der Waals surface area contributed by atoms with Crippen LogP contribution in [0.15, 0.2) is 42.6 Å². The van der Waals surface area contributed by atoms with E-state index in [2.05, 4.69) is 34.0 Å². The van der Waals surface area contributed by atoms with E-state index in [0.717, 1.165) is 22.2 Å². The van der Waals surface area contributed by atoms with Crippen molar-refractivity contribution in [1.82, 2.24) is 15.6 Å². The number of hydrogen-bond acceptors (Lipinski definition) is 3. The largest absolute Gasteiger partial charge is 0.330 e. The normalized spacial score (nSPS) is 11.3. The van der Waals surface area contributed by atoms with Crippen LogP contribution in [0.1, 0.15) is 11.3 Å². The van der Waals surface area contributed by atoms with Gasteiger partial charge in [-0.1, -0.05) is 24.5 Å². The first-order valence-corrected chi connectivity index (χ1v) is 6.59. The van der Waals surface area contributed by atoms with E-state index >= 15 is 0 Å². The summed E-state index contributed by atoms with van der Waals surface area (Å²) in [6.07, 6.45) is 0.596. The number of benzene rings is 1. The van der Waals surface area contributed by atoms with Crippen molar-refractivity contribution >= 4 is 17.3 Å². The number of aromatic nitrogens is 1. The van der Waals surface area contributed by atoms with Crippen molar-refractivity contribution in [1.29, 1.82) is 0 Å². The van der Waals surface area contributed by atoms with Gasteiger partial charge in [-0.05, 0) is 38.2 Å². The molecule has 1 unspecified atom stereocenters. The third-order valence-electron chi connectivity index (χ3n) is 3.07. The number of hydrogen-bond donors (Lipinski definition) is 2. The van der Waals surface area contributed by atoms with Gasteiger partial charge < -0.3 is 10.6 Å². The van der Waals surface area contributed by atoms with Crippen molar-refractivity contribution in [2.24, 2.45) is 0 Å². The monoisotopic (exact) mass is 279 g/mol. The minimum Gasteiger partial charge on any atom is -0.330 e. The van der Waals surface area contributed by atoms with Gasteiger partial charge in [0, 0.05) is 22.3 Å². The molecule has 0 aliphatic rings. The molecule has 0 bridgehead atoms. The van der Waals surface area contributed by atoms with E-state index < -0.39 is 0 Å². The van der Waals surface area contributed by atoms with Gasteiger partial charge >= 0.3 is 0 Å². The second-order valence-corrected chi connectivity index (χ2v) is 4.64. The second-order valence-electron chi connectivity index (χ2n) is 4.64. The smallest absolute Gasteiger partial charge is 0.211 e. The van der Waals surface area contributed by atoms with Gasteiger partial charge in [-0.25, -0.2) is 0 Å². The molecule has 4 nitrogen and oxygen atoms in total. The Morgan fingerprint density at radius 2 is 2.19 bits per heavy atom. The van der Waals surface area contributed by atoms with Crippen molar-refractivity contribution in [3.63, 3.8) is 0 Å². The number of nitrogens with zero attached hydrogens (tertiary/aromatic N) is 1. The molecule has 0 radical (unpaired) electrons. The Morgan fingerprint density at radius 3 is 2.90 bits per heavy atom. The molecule has 2 rings (SSSR count). The molecule has 1 atom stereocenters. The first kappa shape index (κ1) is 14.8. The van der Waals surface area contributed by atoms with Crippen LogP contribution in [0.2, 0.25) is 0 Å². The Hall–Kier alpha value is -2.64. The highest BCUT2D eigenvalue weighted by atomic mass is 16.1. The minimum atomic E-state index is -0.290. The maximum atomic E-state index is 10.4. The van der Waals surface area contributed by atoms with Crippen LogP contribution >= 0.6 is 0 Å². The maximum Gasteiger partial charge on any atom is 0.211 e. The van der Waals surface area contributed by atoms with Gasteiger partial charge in [0.05, 0.1) is 5.52 Å². The molecule has 1 amide bonds. The molecule has 2 aromatic rings. The van der Waals surface area contributed by atoms with Crippen molar-refractivity contribution in [2.45, 2.75) is 13.0 Å². The summed E-state index contributed by atoms with van der Waals surface area (Å²) in [4.78, 5) is 14.9. The standard InChI is InChI=1S/C17H17N3O/c1-12-4-7-15-10-14(6-9-17(15)20-12)5-8-16(18-3)13(2)19-11-21/h4,6-7,9-11,16,18H,2H2,1,3H3,(H,19,21). The zero-order valence-corrected chi connectivity index (χ0v) is 12.1. The number of aryl methyl sites for hydroxylation is 1. The Morgan fingerprint density at radius 1 is 1.38 bits per heavy atom. The van der Waals surface area contributed by atoms with Crippen LogP contribution in [0.5, 0.6) is 0 Å². The average Bonchev–Trinajstić information content (AvgIpc) is 2.48. The lowest BCUT2D eigenvalue weighted by atomic mass is 10.1. The van der Waals surface area contributed by atoms with E-state index in [9.17, 15) is 4.79 Å². The van der Waals surface area contributed by atoms with Crippen LogP contribution in [0.25, 0.3) is 10.9 Å². The number of carbonyl (C=O) groups excluding carboxylic acids is 1. The Labute approximate surface area is 124 Å². The van der Waals surface area contributed by atoms with Crippen LogP contribution in [-0.4, -0.2) is 24.5 Å². The van der Waals surface area contributed by atoms with Gasteiger partial charge in [-0.3, -0.25) is 9.78 Å². The molecule has 0 saturated heterocycles. The van der Waals surface area contributed by atoms with Gasteiger partial charge in [0.1, 0.15) is 6.04 Å². The molecule has 21 heavy (non-hydrogen) atoms. The SMILES string of the molecule is C=C(NC=O)C(C#Cc1ccc2nc(C)ccc2c1)NC. The molecule has 0 fully saturated rings. The number of amides is 1. The lowest BCUT2D eigenvalue weighted by molar-refractivity contribution is -0.109. The highest BCUT2D eigenvalue weighted by Crippen LogP contribution is 2.14. The zero-order valence-electron chi connectivity index (χ0n) is 12.1. The molecular formula is C17H17N3O. The van der Waals surface area contributed by atoms with E-state index in [1.807, 2.05) is 37.3 Å². The summed E-state index contributed by atoms with van der Waals surface area (Å²) in [6.45, 7) is 5.74. The first-order valence-electron chi connectivity index (χ1n) is 6.59. The number of fused-ring (bicyclic) bond motifs is 1. The summed E-state index contributed by atoms with van der Waals surface area (Å²) in [7, 11) is 1.77. The Kier molecular flexibility index (Phi) is 4.70. The third-order valence-corrected chi connectivity index (χ3v) is 3.07. The summed E-state index contributed by atoms with van der Waals surface area (Å²) in [5.41, 5.74) is 3.37. The predicted molar refractivity (Wildman–Crippen MR) is 84.5 cm³/mol. The van der Waals surface area contributed by atoms with Crippen molar-refractivity contribution in [2.75, 3.05) is 7.05 Å². The molecule has 106 valence electrons. The first-order chi connectivity index (χ1) is 10.1. The second kappa shape index (κ2) is 6.69. The molecular weight excluding hydrogens is 262 g/mol. The summed E-state index contributed by atoms with van der Waals surface area (Å²) in [6, 6.07) is 9.61. The zero-order chi connectivity index (χ0) is 15.2. The van der Waals surface area contributed by atoms with Gasteiger partial charge in [-0.2, -0.15) is 0 Å². The van der Waals surface area contributed by atoms with Gasteiger partial charge in [-0.15, -0.1) is 0 Å². The molecule has 2 N–H and O–H groups in total. The summed E-state index contributed by atoms with van der Waals surface area (Å²) >= 11 is 0. The summed E-state index contributed by atoms with van der Waals surface area (Å²) in [5, 5.41) is 6.57. The average molecular weight is 279 g/mol. The lowest BCUT2D eigenvalue weighted by Crippen LogP contribution is -2.31. The van der Waals surface area contributed by atoms with E-state index in [-0.39, 0.29) is 6.04 Å². The molecule has 4 heteroatoms. The molecule has 1 aromatic heterocycles. The lowest BCUT2D eigenvalue weighted by Gasteiger charge is -2.11. The number of rotatable bonds is 4. The van der Waals surface area contributed by atoms with Gasteiger partial charge in [0.25, 0.3) is 0 Å².